The van der Waals surface area contributed by atoms with Crippen molar-refractivity contribution in [1.82, 2.24) is 5.32 Å². The number of rotatable bonds is 6. The molecular weight excluding hydrogens is 222 g/mol. The van der Waals surface area contributed by atoms with Gasteiger partial charge in [-0.05, 0) is 63.7 Å². The summed E-state index contributed by atoms with van der Waals surface area (Å²) < 4.78 is 6.10. The lowest BCUT2D eigenvalue weighted by molar-refractivity contribution is 0.178. The van der Waals surface area contributed by atoms with Crippen molar-refractivity contribution in [2.24, 2.45) is 5.92 Å². The van der Waals surface area contributed by atoms with Crippen LogP contribution in [0.4, 0.5) is 0 Å². The minimum absolute atomic E-state index is 0.794. The third kappa shape index (κ3) is 3.26. The highest BCUT2D eigenvalue weighted by molar-refractivity contribution is 5.44. The zero-order valence-corrected chi connectivity index (χ0v) is 11.9. The van der Waals surface area contributed by atoms with E-state index in [1.54, 1.807) is 0 Å². The molecule has 0 aromatic heterocycles. The third-order valence-corrected chi connectivity index (χ3v) is 3.83. The molecule has 0 aliphatic heterocycles. The zero-order valence-electron chi connectivity index (χ0n) is 11.9. The molecule has 18 heavy (non-hydrogen) atoms. The lowest BCUT2D eigenvalue weighted by Gasteiger charge is -2.26. The van der Waals surface area contributed by atoms with Crippen molar-refractivity contribution < 1.29 is 4.74 Å². The predicted molar refractivity (Wildman–Crippen MR) is 76.4 cm³/mol. The Hall–Kier alpha value is -1.02. The maximum Gasteiger partial charge on any atom is 0.125 e. The second-order valence-corrected chi connectivity index (χ2v) is 5.53. The largest absolute Gasteiger partial charge is 0.493 e. The Bertz CT molecular complexity index is 396. The smallest absolute Gasteiger partial charge is 0.125 e. The molecule has 2 nitrogen and oxygen atoms in total. The van der Waals surface area contributed by atoms with E-state index in [1.807, 2.05) is 7.05 Å². The number of nitrogens with one attached hydrogen (secondary N) is 1. The van der Waals surface area contributed by atoms with Gasteiger partial charge in [0.15, 0.2) is 0 Å². The first kappa shape index (κ1) is 13.4. The second kappa shape index (κ2) is 6.24. The molecule has 2 rings (SSSR count). The molecule has 0 amide bonds. The number of aryl methyl sites for hydroxylation is 2. The van der Waals surface area contributed by atoms with Crippen LogP contribution in [0.3, 0.4) is 0 Å². The van der Waals surface area contributed by atoms with E-state index in [0.29, 0.717) is 0 Å². The Morgan fingerprint density at radius 2 is 2.06 bits per heavy atom. The number of hydrogen-bond acceptors (Lipinski definition) is 2. The van der Waals surface area contributed by atoms with Crippen LogP contribution in [-0.2, 0) is 6.42 Å². The van der Waals surface area contributed by atoms with Crippen LogP contribution in [0.15, 0.2) is 12.1 Å². The minimum atomic E-state index is 0.794. The van der Waals surface area contributed by atoms with Gasteiger partial charge in [-0.1, -0.05) is 24.1 Å². The van der Waals surface area contributed by atoms with Crippen LogP contribution in [-0.4, -0.2) is 20.2 Å². The van der Waals surface area contributed by atoms with Gasteiger partial charge in [0.25, 0.3) is 0 Å². The van der Waals surface area contributed by atoms with Gasteiger partial charge in [0.2, 0.25) is 0 Å². The van der Waals surface area contributed by atoms with Crippen LogP contribution >= 0.6 is 0 Å². The number of hydrogen-bond donors (Lipinski definition) is 1. The van der Waals surface area contributed by atoms with Gasteiger partial charge in [-0.2, -0.15) is 0 Å². The van der Waals surface area contributed by atoms with Gasteiger partial charge in [-0.3, -0.25) is 0 Å². The summed E-state index contributed by atoms with van der Waals surface area (Å²) in [5.41, 5.74) is 3.95. The molecule has 1 fully saturated rings. The Labute approximate surface area is 111 Å². The first-order valence-corrected chi connectivity index (χ1v) is 7.08. The van der Waals surface area contributed by atoms with Gasteiger partial charge in [0.1, 0.15) is 5.75 Å². The first-order valence-electron chi connectivity index (χ1n) is 7.08. The van der Waals surface area contributed by atoms with Gasteiger partial charge < -0.3 is 10.1 Å². The summed E-state index contributed by atoms with van der Waals surface area (Å²) in [6.45, 7) is 6.22. The number of benzene rings is 1. The Balaban J connectivity index is 2.08. The summed E-state index contributed by atoms with van der Waals surface area (Å²) in [6.07, 6.45) is 5.11. The normalized spacial score (nSPS) is 15.5. The maximum absolute atomic E-state index is 6.10. The molecule has 0 saturated heterocycles. The van der Waals surface area contributed by atoms with Gasteiger partial charge >= 0.3 is 0 Å². The van der Waals surface area contributed by atoms with E-state index >= 15 is 0 Å². The van der Waals surface area contributed by atoms with Crippen LogP contribution < -0.4 is 10.1 Å². The molecule has 1 aromatic rings. The molecule has 1 aliphatic rings. The predicted octanol–water partition coefficient (Wildman–Crippen LogP) is 3.24. The Kier molecular flexibility index (Phi) is 4.65. The molecule has 1 saturated carbocycles. The van der Waals surface area contributed by atoms with Crippen molar-refractivity contribution in [3.63, 3.8) is 0 Å². The molecule has 0 atom stereocenters. The van der Waals surface area contributed by atoms with Crippen molar-refractivity contribution >= 4 is 0 Å². The molecule has 0 heterocycles. The summed E-state index contributed by atoms with van der Waals surface area (Å²) >= 11 is 0. The summed E-state index contributed by atoms with van der Waals surface area (Å²) in [7, 11) is 2.00. The van der Waals surface area contributed by atoms with Crippen molar-refractivity contribution in [2.75, 3.05) is 20.2 Å². The van der Waals surface area contributed by atoms with E-state index < -0.39 is 0 Å². The topological polar surface area (TPSA) is 21.3 Å². The summed E-state index contributed by atoms with van der Waals surface area (Å²) in [4.78, 5) is 0. The van der Waals surface area contributed by atoms with Crippen LogP contribution in [0, 0.1) is 19.8 Å². The fraction of sp³-hybridized carbons (Fsp3) is 0.625. The van der Waals surface area contributed by atoms with E-state index in [0.717, 1.165) is 31.2 Å². The molecule has 1 aromatic carbocycles. The molecule has 100 valence electrons. The summed E-state index contributed by atoms with van der Waals surface area (Å²) in [5.74, 6) is 1.92. The van der Waals surface area contributed by atoms with E-state index in [1.165, 1.54) is 36.0 Å². The summed E-state index contributed by atoms with van der Waals surface area (Å²) in [6, 6.07) is 4.49. The molecule has 1 aliphatic carbocycles. The Morgan fingerprint density at radius 1 is 1.28 bits per heavy atom. The third-order valence-electron chi connectivity index (χ3n) is 3.83. The van der Waals surface area contributed by atoms with Crippen LogP contribution in [0.1, 0.15) is 36.0 Å². The van der Waals surface area contributed by atoms with Crippen LogP contribution in [0.25, 0.3) is 0 Å². The SMILES string of the molecule is CNCCc1cc(C)cc(C)c1OCC1CCC1. The second-order valence-electron chi connectivity index (χ2n) is 5.53. The van der Waals surface area contributed by atoms with Crippen LogP contribution in [0.2, 0.25) is 0 Å². The van der Waals surface area contributed by atoms with Crippen molar-refractivity contribution in [1.29, 1.82) is 0 Å². The molecule has 1 N–H and O–H groups in total. The standard InChI is InChI=1S/C16H25NO/c1-12-9-13(2)16(15(10-12)7-8-17-3)18-11-14-5-4-6-14/h9-10,14,17H,4-8,11H2,1-3H3. The molecule has 0 spiro atoms. The zero-order chi connectivity index (χ0) is 13.0. The average Bonchev–Trinajstić information content (AvgIpc) is 2.26. The monoisotopic (exact) mass is 247 g/mol. The van der Waals surface area contributed by atoms with E-state index in [9.17, 15) is 0 Å². The lowest BCUT2D eigenvalue weighted by atomic mass is 9.86. The van der Waals surface area contributed by atoms with Crippen molar-refractivity contribution in [3.8, 4) is 5.75 Å². The van der Waals surface area contributed by atoms with Gasteiger partial charge in [-0.15, -0.1) is 0 Å². The van der Waals surface area contributed by atoms with Gasteiger partial charge in [-0.25, -0.2) is 0 Å². The van der Waals surface area contributed by atoms with E-state index in [2.05, 4.69) is 31.3 Å². The number of ether oxygens (including phenoxy) is 1. The quantitative estimate of drug-likeness (QED) is 0.833. The number of likely N-dealkylation sites (N-methyl/N-ethyl adjacent to an activating group) is 1. The molecule has 0 radical (unpaired) electrons. The van der Waals surface area contributed by atoms with Gasteiger partial charge in [0, 0.05) is 0 Å². The maximum atomic E-state index is 6.10. The highest BCUT2D eigenvalue weighted by Gasteiger charge is 2.19. The summed E-state index contributed by atoms with van der Waals surface area (Å²) in [5, 5.41) is 3.21. The molecule has 2 heteroatoms. The Morgan fingerprint density at radius 3 is 2.67 bits per heavy atom. The highest BCUT2D eigenvalue weighted by atomic mass is 16.5. The van der Waals surface area contributed by atoms with Crippen LogP contribution in [0.5, 0.6) is 5.75 Å². The average molecular weight is 247 g/mol. The van der Waals surface area contributed by atoms with Gasteiger partial charge in [0.05, 0.1) is 6.61 Å². The minimum Gasteiger partial charge on any atom is -0.493 e. The fourth-order valence-electron chi connectivity index (χ4n) is 2.55. The van der Waals surface area contributed by atoms with E-state index in [-0.39, 0.29) is 0 Å². The van der Waals surface area contributed by atoms with Crippen molar-refractivity contribution in [2.45, 2.75) is 39.5 Å². The molecule has 0 unspecified atom stereocenters. The molecular formula is C16H25NO. The fourth-order valence-corrected chi connectivity index (χ4v) is 2.55. The van der Waals surface area contributed by atoms with E-state index in [4.69, 9.17) is 4.74 Å². The first-order chi connectivity index (χ1) is 8.70. The van der Waals surface area contributed by atoms with Crippen molar-refractivity contribution in [3.05, 3.63) is 28.8 Å². The molecule has 0 bridgehead atoms. The lowest BCUT2D eigenvalue weighted by Crippen LogP contribution is -2.20. The highest BCUT2D eigenvalue weighted by Crippen LogP contribution is 2.30.